The molecule has 1 atom stereocenters. The van der Waals surface area contributed by atoms with E-state index in [0.717, 1.165) is 60.7 Å². The predicted octanol–water partition coefficient (Wildman–Crippen LogP) is 6.08. The minimum Gasteiger partial charge on any atom is -0.381 e. The van der Waals surface area contributed by atoms with E-state index >= 15 is 0 Å². The minimum atomic E-state index is -2.05. The number of hydrogen-bond acceptors (Lipinski definition) is 3. The fourth-order valence-corrected chi connectivity index (χ4v) is 6.43. The third-order valence-corrected chi connectivity index (χ3v) is 8.67. The van der Waals surface area contributed by atoms with Crippen LogP contribution in [0.3, 0.4) is 0 Å². The van der Waals surface area contributed by atoms with E-state index in [1.54, 1.807) is 6.07 Å². The molecule has 198 valence electrons. The molecule has 1 saturated heterocycles. The van der Waals surface area contributed by atoms with Crippen LogP contribution in [0, 0.1) is 18.8 Å². The van der Waals surface area contributed by atoms with Gasteiger partial charge in [0.15, 0.2) is 11.1 Å². The highest BCUT2D eigenvalue weighted by atomic mass is 32.2. The number of rotatable bonds is 7. The minimum absolute atomic E-state index is 0.0215. The monoisotopic (exact) mass is 514 g/mol. The molecule has 1 unspecified atom stereocenters. The molecule has 2 aromatic rings. The summed E-state index contributed by atoms with van der Waals surface area (Å²) >= 11 is -2.05. The third kappa shape index (κ3) is 6.29. The maximum absolute atomic E-state index is 13.3. The van der Waals surface area contributed by atoms with E-state index in [2.05, 4.69) is 37.6 Å². The van der Waals surface area contributed by atoms with Crippen molar-refractivity contribution in [1.82, 2.24) is 9.88 Å². The van der Waals surface area contributed by atoms with E-state index < -0.39 is 11.1 Å². The van der Waals surface area contributed by atoms with Gasteiger partial charge in [0, 0.05) is 37.7 Å². The zero-order valence-corrected chi connectivity index (χ0v) is 23.1. The average Bonchev–Trinajstić information content (AvgIpc) is 3.18. The molecule has 1 aromatic carbocycles. The first kappa shape index (κ1) is 27.1. The Bertz CT molecular complexity index is 1090. The Labute approximate surface area is 218 Å². The van der Waals surface area contributed by atoms with Gasteiger partial charge >= 0.3 is 0 Å². The van der Waals surface area contributed by atoms with E-state index in [9.17, 15) is 13.6 Å². The van der Waals surface area contributed by atoms with Gasteiger partial charge in [-0.3, -0.25) is 4.79 Å². The lowest BCUT2D eigenvalue weighted by Gasteiger charge is -2.25. The Hall–Kier alpha value is -1.96. The fraction of sp³-hybridized carbons (Fsp3) is 0.621. The van der Waals surface area contributed by atoms with Crippen molar-refractivity contribution < 1.29 is 18.3 Å². The molecule has 4 rings (SSSR count). The van der Waals surface area contributed by atoms with Gasteiger partial charge in [0.2, 0.25) is 0 Å². The highest BCUT2D eigenvalue weighted by molar-refractivity contribution is 7.79. The summed E-state index contributed by atoms with van der Waals surface area (Å²) in [6, 6.07) is 7.76. The van der Waals surface area contributed by atoms with E-state index in [0.29, 0.717) is 23.3 Å². The van der Waals surface area contributed by atoms with Gasteiger partial charge in [-0.25, -0.2) is 4.21 Å². The van der Waals surface area contributed by atoms with Crippen LogP contribution < -0.4 is 5.32 Å². The molecule has 1 saturated carbocycles. The van der Waals surface area contributed by atoms with Crippen LogP contribution in [0.15, 0.2) is 29.2 Å². The molecule has 2 N–H and O–H groups in total. The van der Waals surface area contributed by atoms with Crippen molar-refractivity contribution in [1.29, 1.82) is 0 Å². The van der Waals surface area contributed by atoms with Gasteiger partial charge in [-0.1, -0.05) is 46.1 Å². The number of carbonyl (C=O) groups excluding carboxylic acids is 1. The Morgan fingerprint density at radius 3 is 2.42 bits per heavy atom. The molecule has 1 amide bonds. The number of aromatic nitrogens is 1. The Morgan fingerprint density at radius 2 is 1.78 bits per heavy atom. The fourth-order valence-electron chi connectivity index (χ4n) is 5.69. The molecule has 0 spiro atoms. The van der Waals surface area contributed by atoms with Crippen molar-refractivity contribution in [3.8, 4) is 11.3 Å². The van der Waals surface area contributed by atoms with Crippen molar-refractivity contribution in [3.63, 3.8) is 0 Å². The summed E-state index contributed by atoms with van der Waals surface area (Å²) in [6.07, 6.45) is 8.26. The van der Waals surface area contributed by atoms with Crippen LogP contribution in [-0.2, 0) is 27.8 Å². The van der Waals surface area contributed by atoms with Crippen molar-refractivity contribution >= 4 is 17.0 Å². The van der Waals surface area contributed by atoms with Gasteiger partial charge in [0.05, 0.1) is 10.5 Å². The Balaban J connectivity index is 1.70. The van der Waals surface area contributed by atoms with Crippen LogP contribution in [-0.4, -0.2) is 39.0 Å². The first-order chi connectivity index (χ1) is 17.1. The van der Waals surface area contributed by atoms with Crippen molar-refractivity contribution in [3.05, 3.63) is 41.1 Å². The van der Waals surface area contributed by atoms with Gasteiger partial charge in [-0.05, 0) is 79.2 Å². The highest BCUT2D eigenvalue weighted by Gasteiger charge is 2.26. The second-order valence-corrected chi connectivity index (χ2v) is 12.6. The SMILES string of the molecule is Cc1c(C(=O)NCC2CCOCC2)cc(-c2ccc(S(=O)O)c(C(C)(C)C)c2)n1CC1CCCCC1. The van der Waals surface area contributed by atoms with Crippen molar-refractivity contribution in [2.45, 2.75) is 89.5 Å². The number of amides is 1. The summed E-state index contributed by atoms with van der Waals surface area (Å²) in [7, 11) is 0. The lowest BCUT2D eigenvalue weighted by Crippen LogP contribution is -2.32. The van der Waals surface area contributed by atoms with Crippen LogP contribution in [0.25, 0.3) is 11.3 Å². The first-order valence-electron chi connectivity index (χ1n) is 13.5. The quantitative estimate of drug-likeness (QED) is 0.439. The molecule has 6 nitrogen and oxygen atoms in total. The highest BCUT2D eigenvalue weighted by Crippen LogP contribution is 2.35. The normalized spacial score (nSPS) is 18.8. The summed E-state index contributed by atoms with van der Waals surface area (Å²) in [4.78, 5) is 13.8. The summed E-state index contributed by atoms with van der Waals surface area (Å²) in [5.41, 5.74) is 4.27. The molecule has 2 heterocycles. The zero-order valence-electron chi connectivity index (χ0n) is 22.3. The van der Waals surface area contributed by atoms with Gasteiger partial charge in [-0.2, -0.15) is 0 Å². The van der Waals surface area contributed by atoms with E-state index in [-0.39, 0.29) is 11.3 Å². The smallest absolute Gasteiger partial charge is 0.253 e. The largest absolute Gasteiger partial charge is 0.381 e. The maximum Gasteiger partial charge on any atom is 0.253 e. The molecule has 0 bridgehead atoms. The number of hydrogen-bond donors (Lipinski definition) is 2. The van der Waals surface area contributed by atoms with Crippen LogP contribution >= 0.6 is 0 Å². The Kier molecular flexibility index (Phi) is 8.74. The second-order valence-electron chi connectivity index (χ2n) is 11.6. The lowest BCUT2D eigenvalue weighted by atomic mass is 9.85. The van der Waals surface area contributed by atoms with E-state index in [1.807, 2.05) is 18.2 Å². The molecule has 1 aliphatic carbocycles. The molecule has 2 fully saturated rings. The van der Waals surface area contributed by atoms with Gasteiger partial charge < -0.3 is 19.2 Å². The predicted molar refractivity (Wildman–Crippen MR) is 145 cm³/mol. The summed E-state index contributed by atoms with van der Waals surface area (Å²) < 4.78 is 29.7. The summed E-state index contributed by atoms with van der Waals surface area (Å²) in [5, 5.41) is 3.18. The molecular weight excluding hydrogens is 472 g/mol. The molecular formula is C29H42N2O4S. The number of ether oxygens (including phenoxy) is 1. The van der Waals surface area contributed by atoms with Crippen LogP contribution in [0.4, 0.5) is 0 Å². The molecule has 1 aromatic heterocycles. The summed E-state index contributed by atoms with van der Waals surface area (Å²) in [6.45, 7) is 11.3. The van der Waals surface area contributed by atoms with Crippen LogP contribution in [0.5, 0.6) is 0 Å². The summed E-state index contributed by atoms with van der Waals surface area (Å²) in [5.74, 6) is 1.05. The van der Waals surface area contributed by atoms with E-state index in [1.165, 1.54) is 32.1 Å². The molecule has 2 aliphatic rings. The first-order valence-corrected chi connectivity index (χ1v) is 14.6. The van der Waals surface area contributed by atoms with Crippen molar-refractivity contribution in [2.24, 2.45) is 11.8 Å². The molecule has 7 heteroatoms. The number of benzene rings is 1. The van der Waals surface area contributed by atoms with Crippen molar-refractivity contribution in [2.75, 3.05) is 19.8 Å². The topological polar surface area (TPSA) is 80.6 Å². The third-order valence-electron chi connectivity index (χ3n) is 7.94. The van der Waals surface area contributed by atoms with Gasteiger partial charge in [0.25, 0.3) is 5.91 Å². The molecule has 0 radical (unpaired) electrons. The maximum atomic E-state index is 13.3. The zero-order chi connectivity index (χ0) is 25.9. The van der Waals surface area contributed by atoms with Gasteiger partial charge in [0.1, 0.15) is 0 Å². The second kappa shape index (κ2) is 11.6. The standard InChI is InChI=1S/C29H42N2O4S/c1-20-24(28(32)30-18-21-12-14-35-15-13-21)17-26(31(20)19-22-8-6-5-7-9-22)23-10-11-27(36(33)34)25(16-23)29(2,3)4/h10-11,16-17,21-22H,5-9,12-15,18-19H2,1-4H3,(H,30,32)(H,33,34). The van der Waals surface area contributed by atoms with Crippen LogP contribution in [0.2, 0.25) is 0 Å². The van der Waals surface area contributed by atoms with Gasteiger partial charge in [-0.15, -0.1) is 0 Å². The number of nitrogens with zero attached hydrogens (tertiary/aromatic N) is 1. The molecule has 36 heavy (non-hydrogen) atoms. The lowest BCUT2D eigenvalue weighted by molar-refractivity contribution is 0.0642. The number of nitrogens with one attached hydrogen (secondary N) is 1. The number of carbonyl (C=O) groups is 1. The van der Waals surface area contributed by atoms with E-state index in [4.69, 9.17) is 4.74 Å². The van der Waals surface area contributed by atoms with Crippen LogP contribution in [0.1, 0.15) is 87.3 Å². The molecule has 1 aliphatic heterocycles. The Morgan fingerprint density at radius 1 is 1.08 bits per heavy atom. The average molecular weight is 515 g/mol.